The number of hydrogen-bond acceptors (Lipinski definition) is 7. The molecule has 0 aromatic heterocycles. The molecule has 166 valence electrons. The Labute approximate surface area is 174 Å². The zero-order chi connectivity index (χ0) is 22.4. The van der Waals surface area contributed by atoms with Crippen LogP contribution in [0.25, 0.3) is 0 Å². The van der Waals surface area contributed by atoms with Gasteiger partial charge in [-0.3, -0.25) is 19.6 Å². The molecule has 14 heteroatoms. The summed E-state index contributed by atoms with van der Waals surface area (Å²) in [5, 5.41) is 13.9. The number of aliphatic imine (C=N–C) groups is 2. The number of rotatable bonds is 14. The van der Waals surface area contributed by atoms with Crippen molar-refractivity contribution in [1.29, 1.82) is 0 Å². The largest absolute Gasteiger partial charge is 0.480 e. The van der Waals surface area contributed by atoms with Crippen LogP contribution in [0.4, 0.5) is 0 Å². The van der Waals surface area contributed by atoms with Gasteiger partial charge in [0.2, 0.25) is 11.8 Å². The fourth-order valence-electron chi connectivity index (χ4n) is 2.16. The van der Waals surface area contributed by atoms with Gasteiger partial charge in [0.25, 0.3) is 0 Å². The van der Waals surface area contributed by atoms with Crippen LogP contribution in [0, 0.1) is 0 Å². The number of nitrogens with zero attached hydrogens (tertiary/aromatic N) is 2. The maximum atomic E-state index is 12.4. The minimum atomic E-state index is -1.24. The number of guanidine groups is 2. The molecule has 0 rings (SSSR count). The molecule has 0 aromatic carbocycles. The van der Waals surface area contributed by atoms with Crippen molar-refractivity contribution >= 4 is 42.3 Å². The van der Waals surface area contributed by atoms with E-state index in [2.05, 4.69) is 33.2 Å². The van der Waals surface area contributed by atoms with E-state index in [1.165, 1.54) is 0 Å². The van der Waals surface area contributed by atoms with Gasteiger partial charge in [0, 0.05) is 18.8 Å². The van der Waals surface area contributed by atoms with Gasteiger partial charge in [0.05, 0.1) is 6.04 Å². The Balaban J connectivity index is 4.91. The molecule has 0 aliphatic rings. The third-order valence-corrected chi connectivity index (χ3v) is 4.04. The molecule has 3 unspecified atom stereocenters. The van der Waals surface area contributed by atoms with Crippen molar-refractivity contribution in [2.24, 2.45) is 38.7 Å². The Morgan fingerprint density at radius 1 is 0.862 bits per heavy atom. The van der Waals surface area contributed by atoms with Gasteiger partial charge in [0.15, 0.2) is 11.9 Å². The second-order valence-corrected chi connectivity index (χ2v) is 6.51. The van der Waals surface area contributed by atoms with Crippen LogP contribution in [-0.2, 0) is 14.4 Å². The van der Waals surface area contributed by atoms with E-state index in [1.807, 2.05) is 0 Å². The lowest BCUT2D eigenvalue weighted by Crippen LogP contribution is -2.54. The molecule has 0 aliphatic heterocycles. The van der Waals surface area contributed by atoms with Crippen LogP contribution >= 0.6 is 12.6 Å². The van der Waals surface area contributed by atoms with Gasteiger partial charge < -0.3 is 44.4 Å². The molecule has 0 spiro atoms. The van der Waals surface area contributed by atoms with Crippen LogP contribution in [0.2, 0.25) is 0 Å². The number of carbonyl (C=O) groups is 3. The summed E-state index contributed by atoms with van der Waals surface area (Å²) in [5.74, 6) is -2.74. The predicted molar refractivity (Wildman–Crippen MR) is 113 cm³/mol. The van der Waals surface area contributed by atoms with Crippen molar-refractivity contribution in [2.75, 3.05) is 18.8 Å². The molecule has 0 heterocycles. The molecule has 13 N–H and O–H groups in total. The second-order valence-electron chi connectivity index (χ2n) is 6.15. The highest BCUT2D eigenvalue weighted by Gasteiger charge is 2.27. The van der Waals surface area contributed by atoms with Gasteiger partial charge in [-0.1, -0.05) is 0 Å². The van der Waals surface area contributed by atoms with Crippen molar-refractivity contribution in [2.45, 2.75) is 43.8 Å². The standard InChI is InChI=1S/C15H31N9O4S/c16-8(3-1-5-21-14(17)18)11(25)23-9(4-2-6-22-15(19)20)12(26)24-10(7-29)13(27)28/h8-10,29H,1-7,16H2,(H,23,25)(H,24,26)(H,27,28)(H4,17,18,21)(H4,19,20,22). The van der Waals surface area contributed by atoms with E-state index in [9.17, 15) is 14.4 Å². The molecular formula is C15H31N9O4S. The number of carboxylic acid groups (broad SMARTS) is 1. The van der Waals surface area contributed by atoms with Crippen molar-refractivity contribution in [1.82, 2.24) is 10.6 Å². The summed E-state index contributed by atoms with van der Waals surface area (Å²) in [5.41, 5.74) is 26.8. The Morgan fingerprint density at radius 2 is 1.34 bits per heavy atom. The number of carbonyl (C=O) groups excluding carboxylic acids is 2. The van der Waals surface area contributed by atoms with E-state index in [-0.39, 0.29) is 30.6 Å². The summed E-state index contributed by atoms with van der Waals surface area (Å²) >= 11 is 3.89. The first-order valence-corrected chi connectivity index (χ1v) is 9.52. The van der Waals surface area contributed by atoms with Gasteiger partial charge in [-0.25, -0.2) is 4.79 Å². The summed E-state index contributed by atoms with van der Waals surface area (Å²) in [6, 6.07) is -3.10. The fourth-order valence-corrected chi connectivity index (χ4v) is 2.41. The Morgan fingerprint density at radius 3 is 1.79 bits per heavy atom. The first kappa shape index (κ1) is 26.3. The summed E-state index contributed by atoms with van der Waals surface area (Å²) in [6.07, 6.45) is 1.30. The maximum Gasteiger partial charge on any atom is 0.327 e. The van der Waals surface area contributed by atoms with Crippen molar-refractivity contribution in [3.63, 3.8) is 0 Å². The molecule has 0 fully saturated rings. The SMILES string of the molecule is NC(N)=NCCCC(N)C(=O)NC(CCCN=C(N)N)C(=O)NC(CS)C(=O)O. The third-order valence-electron chi connectivity index (χ3n) is 3.68. The summed E-state index contributed by atoms with van der Waals surface area (Å²) in [7, 11) is 0. The van der Waals surface area contributed by atoms with Gasteiger partial charge in [-0.05, 0) is 25.7 Å². The quantitative estimate of drug-likeness (QED) is 0.0567. The summed E-state index contributed by atoms with van der Waals surface area (Å²) in [6.45, 7) is 0.551. The normalized spacial score (nSPS) is 13.4. The van der Waals surface area contributed by atoms with E-state index < -0.39 is 35.9 Å². The lowest BCUT2D eigenvalue weighted by Gasteiger charge is -2.22. The minimum Gasteiger partial charge on any atom is -0.480 e. The molecule has 0 aliphatic carbocycles. The van der Waals surface area contributed by atoms with E-state index in [0.29, 0.717) is 25.8 Å². The number of aliphatic carboxylic acids is 1. The van der Waals surface area contributed by atoms with Crippen molar-refractivity contribution in [3.05, 3.63) is 0 Å². The highest BCUT2D eigenvalue weighted by atomic mass is 32.1. The molecule has 2 amide bonds. The lowest BCUT2D eigenvalue weighted by molar-refractivity contribution is -0.141. The van der Waals surface area contributed by atoms with Crippen LogP contribution in [0.3, 0.4) is 0 Å². The van der Waals surface area contributed by atoms with E-state index in [1.54, 1.807) is 0 Å². The van der Waals surface area contributed by atoms with Crippen molar-refractivity contribution in [3.8, 4) is 0 Å². The van der Waals surface area contributed by atoms with Gasteiger partial charge in [0.1, 0.15) is 12.1 Å². The number of carboxylic acids is 1. The predicted octanol–water partition coefficient (Wildman–Crippen LogP) is -3.60. The number of thiol groups is 1. The molecule has 13 nitrogen and oxygen atoms in total. The molecule has 29 heavy (non-hydrogen) atoms. The second kappa shape index (κ2) is 14.3. The number of nitrogens with two attached hydrogens (primary N) is 5. The maximum absolute atomic E-state index is 12.4. The smallest absolute Gasteiger partial charge is 0.327 e. The van der Waals surface area contributed by atoms with E-state index in [4.69, 9.17) is 33.8 Å². The monoisotopic (exact) mass is 433 g/mol. The summed E-state index contributed by atoms with van der Waals surface area (Å²) in [4.78, 5) is 43.5. The summed E-state index contributed by atoms with van der Waals surface area (Å²) < 4.78 is 0. The molecular weight excluding hydrogens is 402 g/mol. The van der Waals surface area contributed by atoms with Gasteiger partial charge >= 0.3 is 5.97 Å². The van der Waals surface area contributed by atoms with Gasteiger partial charge in [-0.15, -0.1) is 0 Å². The first-order valence-electron chi connectivity index (χ1n) is 8.89. The molecule has 0 bridgehead atoms. The highest BCUT2D eigenvalue weighted by molar-refractivity contribution is 7.80. The number of hydrogen-bond donors (Lipinski definition) is 9. The zero-order valence-electron chi connectivity index (χ0n) is 16.1. The van der Waals surface area contributed by atoms with E-state index in [0.717, 1.165) is 0 Å². The molecule has 0 aromatic rings. The molecule has 0 saturated heterocycles. The fraction of sp³-hybridized carbons (Fsp3) is 0.667. The topological polar surface area (TPSA) is 250 Å². The highest BCUT2D eigenvalue weighted by Crippen LogP contribution is 2.03. The Bertz CT molecular complexity index is 607. The van der Waals surface area contributed by atoms with E-state index >= 15 is 0 Å². The number of amides is 2. The average molecular weight is 434 g/mol. The Hall–Kier alpha value is -2.74. The lowest BCUT2D eigenvalue weighted by atomic mass is 10.1. The van der Waals surface area contributed by atoms with Crippen LogP contribution < -0.4 is 39.3 Å². The third kappa shape index (κ3) is 12.4. The average Bonchev–Trinajstić information content (AvgIpc) is 2.64. The van der Waals surface area contributed by atoms with Gasteiger partial charge in [-0.2, -0.15) is 12.6 Å². The molecule has 3 atom stereocenters. The first-order chi connectivity index (χ1) is 13.6. The van der Waals surface area contributed by atoms with Crippen molar-refractivity contribution < 1.29 is 19.5 Å². The molecule has 0 saturated carbocycles. The Kier molecular flexibility index (Phi) is 12.9. The van der Waals surface area contributed by atoms with Crippen LogP contribution in [0.15, 0.2) is 9.98 Å². The van der Waals surface area contributed by atoms with Crippen LogP contribution in [0.1, 0.15) is 25.7 Å². The minimum absolute atomic E-state index is 0.0577. The molecule has 0 radical (unpaired) electrons. The van der Waals surface area contributed by atoms with Crippen LogP contribution in [-0.4, -0.2) is 71.8 Å². The number of nitrogens with one attached hydrogen (secondary N) is 2. The van der Waals surface area contributed by atoms with Crippen LogP contribution in [0.5, 0.6) is 0 Å². The zero-order valence-corrected chi connectivity index (χ0v) is 17.0.